The van der Waals surface area contributed by atoms with Gasteiger partial charge in [0.2, 0.25) is 5.91 Å². The highest BCUT2D eigenvalue weighted by Crippen LogP contribution is 2.27. The molecule has 2 N–H and O–H groups in total. The number of carbonyl (C=O) groups is 2. The number of piperazine rings is 1. The molecule has 0 aliphatic carbocycles. The summed E-state index contributed by atoms with van der Waals surface area (Å²) in [5.41, 5.74) is 8.82. The third-order valence-electron chi connectivity index (χ3n) is 7.71. The fourth-order valence-corrected chi connectivity index (χ4v) is 4.74. The molecule has 0 spiro atoms. The van der Waals surface area contributed by atoms with Crippen molar-refractivity contribution in [3.8, 4) is 0 Å². The third kappa shape index (κ3) is 6.33. The standard InChI is InChI=1S/C29H43N5O2/c1-22(28(36)33(6)16-15-30)24-9-7-23(8-10-24)21-29(2,31(3)4)27(35)25-11-13-26(14-12-25)34-19-17-32(5)18-20-34/h7-14,22H,15-21,30H2,1-6H3. The molecule has 1 fully saturated rings. The number of likely N-dealkylation sites (N-methyl/N-ethyl adjacent to an activating group) is 3. The molecule has 196 valence electrons. The monoisotopic (exact) mass is 493 g/mol. The Morgan fingerprint density at radius 3 is 2.08 bits per heavy atom. The van der Waals surface area contributed by atoms with E-state index in [2.05, 4.69) is 29.0 Å². The molecule has 0 bridgehead atoms. The topological polar surface area (TPSA) is 73.1 Å². The van der Waals surface area contributed by atoms with Gasteiger partial charge in [-0.05, 0) is 76.8 Å². The van der Waals surface area contributed by atoms with Crippen LogP contribution in [0.4, 0.5) is 5.69 Å². The minimum atomic E-state index is -0.695. The van der Waals surface area contributed by atoms with E-state index in [-0.39, 0.29) is 17.6 Å². The Labute approximate surface area is 216 Å². The van der Waals surface area contributed by atoms with Gasteiger partial charge in [0.05, 0.1) is 11.5 Å². The van der Waals surface area contributed by atoms with Gasteiger partial charge in [0, 0.05) is 57.6 Å². The van der Waals surface area contributed by atoms with Crippen molar-refractivity contribution in [2.75, 3.05) is 72.4 Å². The lowest BCUT2D eigenvalue weighted by Crippen LogP contribution is -2.50. The smallest absolute Gasteiger partial charge is 0.229 e. The average molecular weight is 494 g/mol. The predicted octanol–water partition coefficient (Wildman–Crippen LogP) is 2.70. The molecule has 1 aliphatic heterocycles. The van der Waals surface area contributed by atoms with E-state index < -0.39 is 5.54 Å². The van der Waals surface area contributed by atoms with E-state index in [0.717, 1.165) is 42.9 Å². The summed E-state index contributed by atoms with van der Waals surface area (Å²) in [7, 11) is 7.85. The first-order valence-corrected chi connectivity index (χ1v) is 12.9. The Morgan fingerprint density at radius 1 is 0.972 bits per heavy atom. The van der Waals surface area contributed by atoms with Crippen LogP contribution in [0.2, 0.25) is 0 Å². The summed E-state index contributed by atoms with van der Waals surface area (Å²) < 4.78 is 0. The third-order valence-corrected chi connectivity index (χ3v) is 7.71. The van der Waals surface area contributed by atoms with E-state index in [1.807, 2.05) is 69.2 Å². The van der Waals surface area contributed by atoms with Crippen molar-refractivity contribution in [2.45, 2.75) is 31.7 Å². The molecule has 3 rings (SSSR count). The van der Waals surface area contributed by atoms with Crippen molar-refractivity contribution >= 4 is 17.4 Å². The molecule has 0 radical (unpaired) electrons. The van der Waals surface area contributed by atoms with Crippen molar-refractivity contribution in [1.29, 1.82) is 0 Å². The zero-order chi connectivity index (χ0) is 26.5. The van der Waals surface area contributed by atoms with Gasteiger partial charge in [0.25, 0.3) is 0 Å². The Bertz CT molecular complexity index is 1010. The molecule has 1 saturated heterocycles. The molecule has 2 unspecified atom stereocenters. The van der Waals surface area contributed by atoms with Crippen LogP contribution >= 0.6 is 0 Å². The highest BCUT2D eigenvalue weighted by atomic mass is 16.2. The molecule has 7 heteroatoms. The summed E-state index contributed by atoms with van der Waals surface area (Å²) in [5, 5.41) is 0. The first-order valence-electron chi connectivity index (χ1n) is 12.9. The van der Waals surface area contributed by atoms with Gasteiger partial charge in [0.1, 0.15) is 0 Å². The summed E-state index contributed by atoms with van der Waals surface area (Å²) in [4.78, 5) is 34.8. The molecule has 2 aromatic carbocycles. The van der Waals surface area contributed by atoms with Crippen LogP contribution in [0.25, 0.3) is 0 Å². The van der Waals surface area contributed by atoms with Gasteiger partial charge < -0.3 is 20.4 Å². The summed E-state index contributed by atoms with van der Waals surface area (Å²) in [5.74, 6) is -0.0775. The molecule has 1 heterocycles. The second-order valence-electron chi connectivity index (χ2n) is 10.5. The second-order valence-corrected chi connectivity index (χ2v) is 10.5. The Balaban J connectivity index is 1.72. The lowest BCUT2D eigenvalue weighted by atomic mass is 9.83. The number of ketones is 1. The van der Waals surface area contributed by atoms with Gasteiger partial charge >= 0.3 is 0 Å². The van der Waals surface area contributed by atoms with Crippen LogP contribution in [0.3, 0.4) is 0 Å². The molecular weight excluding hydrogens is 450 g/mol. The first-order chi connectivity index (χ1) is 17.1. The summed E-state index contributed by atoms with van der Waals surface area (Å²) in [6, 6.07) is 16.1. The molecule has 2 aromatic rings. The van der Waals surface area contributed by atoms with E-state index in [0.29, 0.717) is 19.5 Å². The van der Waals surface area contributed by atoms with Crippen LogP contribution in [-0.2, 0) is 11.2 Å². The number of amides is 1. The van der Waals surface area contributed by atoms with E-state index >= 15 is 0 Å². The van der Waals surface area contributed by atoms with E-state index in [1.54, 1.807) is 11.9 Å². The molecule has 7 nitrogen and oxygen atoms in total. The van der Waals surface area contributed by atoms with Crippen LogP contribution in [0.15, 0.2) is 48.5 Å². The van der Waals surface area contributed by atoms with Crippen LogP contribution in [0, 0.1) is 0 Å². The van der Waals surface area contributed by atoms with Gasteiger partial charge in [0.15, 0.2) is 5.78 Å². The first kappa shape index (κ1) is 27.8. The molecule has 1 amide bonds. The number of rotatable bonds is 10. The van der Waals surface area contributed by atoms with Crippen molar-refractivity contribution in [1.82, 2.24) is 14.7 Å². The number of hydrogen-bond donors (Lipinski definition) is 1. The number of hydrogen-bond acceptors (Lipinski definition) is 6. The zero-order valence-corrected chi connectivity index (χ0v) is 22.8. The lowest BCUT2D eigenvalue weighted by Gasteiger charge is -2.36. The normalized spacial score (nSPS) is 17.1. The maximum absolute atomic E-state index is 13.7. The second kappa shape index (κ2) is 12.0. The SMILES string of the molecule is CC(C(=O)N(C)CCN)c1ccc(CC(C)(C(=O)c2ccc(N3CCN(C)CC3)cc2)N(C)C)cc1. The molecule has 0 aromatic heterocycles. The van der Waals surface area contributed by atoms with Gasteiger partial charge in [-0.25, -0.2) is 0 Å². The largest absolute Gasteiger partial charge is 0.369 e. The van der Waals surface area contributed by atoms with E-state index in [4.69, 9.17) is 5.73 Å². The number of Topliss-reactive ketones (excluding diaryl/α,β-unsaturated/α-hetero) is 1. The van der Waals surface area contributed by atoms with Crippen LogP contribution < -0.4 is 10.6 Å². The number of benzene rings is 2. The quantitative estimate of drug-likeness (QED) is 0.513. The van der Waals surface area contributed by atoms with Gasteiger partial charge in [-0.3, -0.25) is 14.5 Å². The van der Waals surface area contributed by atoms with Gasteiger partial charge in [-0.2, -0.15) is 0 Å². The minimum absolute atomic E-state index is 0.0570. The fraction of sp³-hybridized carbons (Fsp3) is 0.517. The van der Waals surface area contributed by atoms with E-state index in [9.17, 15) is 9.59 Å². The van der Waals surface area contributed by atoms with Crippen molar-refractivity contribution in [3.05, 3.63) is 65.2 Å². The number of anilines is 1. The minimum Gasteiger partial charge on any atom is -0.369 e. The van der Waals surface area contributed by atoms with Crippen LogP contribution in [-0.4, -0.2) is 99.4 Å². The number of nitrogens with two attached hydrogens (primary N) is 1. The summed E-state index contributed by atoms with van der Waals surface area (Å²) >= 11 is 0. The van der Waals surface area contributed by atoms with Crippen LogP contribution in [0.1, 0.15) is 41.3 Å². The van der Waals surface area contributed by atoms with Gasteiger partial charge in [-0.15, -0.1) is 0 Å². The molecule has 0 saturated carbocycles. The number of nitrogens with zero attached hydrogens (tertiary/aromatic N) is 4. The Hall–Kier alpha value is -2.74. The maximum Gasteiger partial charge on any atom is 0.229 e. The van der Waals surface area contributed by atoms with Crippen molar-refractivity contribution in [2.24, 2.45) is 5.73 Å². The van der Waals surface area contributed by atoms with Gasteiger partial charge in [-0.1, -0.05) is 24.3 Å². The molecular formula is C29H43N5O2. The highest BCUT2D eigenvalue weighted by molar-refractivity contribution is 6.03. The van der Waals surface area contributed by atoms with Crippen molar-refractivity contribution < 1.29 is 9.59 Å². The predicted molar refractivity (Wildman–Crippen MR) is 148 cm³/mol. The zero-order valence-electron chi connectivity index (χ0n) is 22.8. The fourth-order valence-electron chi connectivity index (χ4n) is 4.74. The lowest BCUT2D eigenvalue weighted by molar-refractivity contribution is -0.131. The number of carbonyl (C=O) groups excluding carboxylic acids is 2. The molecule has 36 heavy (non-hydrogen) atoms. The highest BCUT2D eigenvalue weighted by Gasteiger charge is 2.36. The summed E-state index contributed by atoms with van der Waals surface area (Å²) in [6.07, 6.45) is 0.578. The average Bonchev–Trinajstić information content (AvgIpc) is 2.88. The molecule has 2 atom stereocenters. The summed E-state index contributed by atoms with van der Waals surface area (Å²) in [6.45, 7) is 9.02. The maximum atomic E-state index is 13.7. The van der Waals surface area contributed by atoms with Crippen molar-refractivity contribution in [3.63, 3.8) is 0 Å². The molecule has 1 aliphatic rings. The van der Waals surface area contributed by atoms with Crippen LogP contribution in [0.5, 0.6) is 0 Å². The van der Waals surface area contributed by atoms with E-state index in [1.165, 1.54) is 5.69 Å². The Morgan fingerprint density at radius 2 is 1.56 bits per heavy atom. The Kier molecular flexibility index (Phi) is 9.28.